The van der Waals surface area contributed by atoms with Crippen LogP contribution in [0.3, 0.4) is 0 Å². The summed E-state index contributed by atoms with van der Waals surface area (Å²) >= 11 is 0. The number of hydrogen-bond acceptors (Lipinski definition) is 4. The van der Waals surface area contributed by atoms with Gasteiger partial charge in [0, 0.05) is 0 Å². The highest BCUT2D eigenvalue weighted by atomic mass is 16.5. The molecule has 4 atom stereocenters. The van der Waals surface area contributed by atoms with Crippen LogP contribution in [-0.2, 0) is 19.1 Å². The molecule has 22 heavy (non-hydrogen) atoms. The largest absolute Gasteiger partial charge is 0.465 e. The van der Waals surface area contributed by atoms with Gasteiger partial charge in [0.25, 0.3) is 0 Å². The molecular weight excluding hydrogens is 280 g/mol. The average Bonchev–Trinajstić information content (AvgIpc) is 2.56. The van der Waals surface area contributed by atoms with Crippen molar-refractivity contribution in [1.29, 1.82) is 0 Å². The van der Waals surface area contributed by atoms with Crippen LogP contribution >= 0.6 is 0 Å². The fourth-order valence-corrected chi connectivity index (χ4v) is 2.23. The summed E-state index contributed by atoms with van der Waals surface area (Å²) in [6.07, 6.45) is 6.96. The Kier molecular flexibility index (Phi) is 8.21. The van der Waals surface area contributed by atoms with E-state index in [0.29, 0.717) is 37.9 Å². The minimum Gasteiger partial charge on any atom is -0.465 e. The van der Waals surface area contributed by atoms with E-state index in [-0.39, 0.29) is 11.9 Å². The van der Waals surface area contributed by atoms with Crippen molar-refractivity contribution >= 4 is 11.9 Å². The van der Waals surface area contributed by atoms with Crippen LogP contribution in [-0.4, -0.2) is 25.2 Å². The van der Waals surface area contributed by atoms with Crippen molar-refractivity contribution in [2.45, 2.75) is 53.4 Å². The highest BCUT2D eigenvalue weighted by Gasteiger charge is 2.36. The molecule has 0 aliphatic heterocycles. The maximum atomic E-state index is 12.3. The summed E-state index contributed by atoms with van der Waals surface area (Å²) in [7, 11) is 0. The number of hydrogen-bond donors (Lipinski definition) is 0. The van der Waals surface area contributed by atoms with Crippen molar-refractivity contribution in [3.8, 4) is 0 Å². The fourth-order valence-electron chi connectivity index (χ4n) is 2.23. The third-order valence-corrected chi connectivity index (χ3v) is 4.45. The first kappa shape index (κ1) is 18.7. The van der Waals surface area contributed by atoms with Crippen molar-refractivity contribution in [3.05, 3.63) is 12.2 Å². The third-order valence-electron chi connectivity index (χ3n) is 4.45. The van der Waals surface area contributed by atoms with Gasteiger partial charge in [-0.2, -0.15) is 0 Å². The van der Waals surface area contributed by atoms with E-state index < -0.39 is 11.8 Å². The summed E-state index contributed by atoms with van der Waals surface area (Å²) < 4.78 is 10.8. The molecule has 0 bridgehead atoms. The Labute approximate surface area is 134 Å². The minimum atomic E-state index is -0.404. The van der Waals surface area contributed by atoms with Gasteiger partial charge >= 0.3 is 11.9 Å². The molecule has 0 amide bonds. The van der Waals surface area contributed by atoms with Crippen molar-refractivity contribution in [2.24, 2.45) is 23.7 Å². The monoisotopic (exact) mass is 310 g/mol. The van der Waals surface area contributed by atoms with Crippen molar-refractivity contribution in [3.63, 3.8) is 0 Å². The van der Waals surface area contributed by atoms with Gasteiger partial charge in [0.1, 0.15) is 0 Å². The van der Waals surface area contributed by atoms with E-state index in [9.17, 15) is 9.59 Å². The lowest BCUT2D eigenvalue weighted by Crippen LogP contribution is -2.34. The molecule has 126 valence electrons. The summed E-state index contributed by atoms with van der Waals surface area (Å²) in [4.78, 5) is 24.5. The lowest BCUT2D eigenvalue weighted by atomic mass is 9.83. The van der Waals surface area contributed by atoms with Gasteiger partial charge < -0.3 is 9.47 Å². The number of allylic oxidation sites excluding steroid dienone is 2. The maximum absolute atomic E-state index is 12.3. The highest BCUT2D eigenvalue weighted by molar-refractivity contribution is 5.82. The Balaban J connectivity index is 2.57. The SMILES string of the molecule is CCC(C)COC(=O)C1CC=CCC1C(=O)OCC(C)CC. The number of carbonyl (C=O) groups excluding carboxylic acids is 2. The van der Waals surface area contributed by atoms with E-state index in [0.717, 1.165) is 12.8 Å². The standard InChI is InChI=1S/C18H30O4/c1-5-13(3)11-21-17(19)15-9-7-8-10-16(15)18(20)22-12-14(4)6-2/h7-8,13-16H,5-6,9-12H2,1-4H3. The second-order valence-electron chi connectivity index (χ2n) is 6.44. The quantitative estimate of drug-likeness (QED) is 0.506. The zero-order valence-corrected chi connectivity index (χ0v) is 14.3. The molecule has 1 aliphatic carbocycles. The molecule has 4 heteroatoms. The van der Waals surface area contributed by atoms with Crippen LogP contribution in [0.15, 0.2) is 12.2 Å². The summed E-state index contributed by atoms with van der Waals surface area (Å²) in [6.45, 7) is 9.07. The fraction of sp³-hybridized carbons (Fsp3) is 0.778. The molecule has 0 spiro atoms. The van der Waals surface area contributed by atoms with Crippen molar-refractivity contribution in [1.82, 2.24) is 0 Å². The smallest absolute Gasteiger partial charge is 0.310 e. The number of carbonyl (C=O) groups is 2. The van der Waals surface area contributed by atoms with Gasteiger partial charge in [-0.15, -0.1) is 0 Å². The van der Waals surface area contributed by atoms with E-state index >= 15 is 0 Å². The second-order valence-corrected chi connectivity index (χ2v) is 6.44. The van der Waals surface area contributed by atoms with Crippen LogP contribution in [0.4, 0.5) is 0 Å². The van der Waals surface area contributed by atoms with Gasteiger partial charge in [0.15, 0.2) is 0 Å². The third kappa shape index (κ3) is 5.82. The first-order chi connectivity index (χ1) is 10.5. The van der Waals surface area contributed by atoms with Crippen LogP contribution in [0.1, 0.15) is 53.4 Å². The molecule has 0 aromatic rings. The number of rotatable bonds is 8. The summed E-state index contributed by atoms with van der Waals surface area (Å²) in [6, 6.07) is 0. The molecule has 4 unspecified atom stereocenters. The van der Waals surface area contributed by atoms with Gasteiger partial charge in [0.05, 0.1) is 25.0 Å². The molecule has 0 fully saturated rings. The Morgan fingerprint density at radius 3 is 1.59 bits per heavy atom. The predicted octanol–water partition coefficient (Wildman–Crippen LogP) is 3.75. The summed E-state index contributed by atoms with van der Waals surface area (Å²) in [5.41, 5.74) is 0. The predicted molar refractivity (Wildman–Crippen MR) is 86.2 cm³/mol. The Bertz CT molecular complexity index is 353. The lowest BCUT2D eigenvalue weighted by Gasteiger charge is -2.26. The molecule has 0 radical (unpaired) electrons. The normalized spacial score (nSPS) is 23.6. The molecule has 1 aliphatic rings. The Morgan fingerprint density at radius 1 is 0.909 bits per heavy atom. The topological polar surface area (TPSA) is 52.6 Å². The zero-order valence-electron chi connectivity index (χ0n) is 14.3. The van der Waals surface area contributed by atoms with E-state index in [1.807, 2.05) is 26.0 Å². The highest BCUT2D eigenvalue weighted by Crippen LogP contribution is 2.28. The van der Waals surface area contributed by atoms with E-state index in [1.54, 1.807) is 0 Å². The van der Waals surface area contributed by atoms with Crippen LogP contribution in [0.25, 0.3) is 0 Å². The molecule has 1 rings (SSSR count). The van der Waals surface area contributed by atoms with E-state index in [2.05, 4.69) is 13.8 Å². The van der Waals surface area contributed by atoms with Crippen LogP contribution < -0.4 is 0 Å². The second kappa shape index (κ2) is 9.65. The zero-order chi connectivity index (χ0) is 16.5. The van der Waals surface area contributed by atoms with Crippen molar-refractivity contribution < 1.29 is 19.1 Å². The molecule has 0 aromatic carbocycles. The molecular formula is C18H30O4. The summed E-state index contributed by atoms with van der Waals surface area (Å²) in [5.74, 6) is -0.653. The number of esters is 2. The molecule has 0 aromatic heterocycles. The Hall–Kier alpha value is -1.32. The molecule has 4 nitrogen and oxygen atoms in total. The van der Waals surface area contributed by atoms with Crippen LogP contribution in [0.2, 0.25) is 0 Å². The Morgan fingerprint density at radius 2 is 1.27 bits per heavy atom. The minimum absolute atomic E-state index is 0.268. The van der Waals surface area contributed by atoms with Crippen molar-refractivity contribution in [2.75, 3.05) is 13.2 Å². The first-order valence-corrected chi connectivity index (χ1v) is 8.47. The van der Waals surface area contributed by atoms with Crippen LogP contribution in [0, 0.1) is 23.7 Å². The maximum Gasteiger partial charge on any atom is 0.310 e. The van der Waals surface area contributed by atoms with Gasteiger partial charge in [-0.1, -0.05) is 52.7 Å². The van der Waals surface area contributed by atoms with Crippen LogP contribution in [0.5, 0.6) is 0 Å². The molecule has 0 saturated heterocycles. The first-order valence-electron chi connectivity index (χ1n) is 8.47. The average molecular weight is 310 g/mol. The van der Waals surface area contributed by atoms with Gasteiger partial charge in [-0.25, -0.2) is 0 Å². The van der Waals surface area contributed by atoms with Gasteiger partial charge in [0.2, 0.25) is 0 Å². The molecule has 0 saturated carbocycles. The molecule has 0 N–H and O–H groups in total. The van der Waals surface area contributed by atoms with E-state index in [4.69, 9.17) is 9.47 Å². The lowest BCUT2D eigenvalue weighted by molar-refractivity contribution is -0.162. The molecule has 0 heterocycles. The summed E-state index contributed by atoms with van der Waals surface area (Å²) in [5, 5.41) is 0. The van der Waals surface area contributed by atoms with Gasteiger partial charge in [-0.05, 0) is 24.7 Å². The number of ether oxygens (including phenoxy) is 2. The van der Waals surface area contributed by atoms with Gasteiger partial charge in [-0.3, -0.25) is 9.59 Å². The van der Waals surface area contributed by atoms with E-state index in [1.165, 1.54) is 0 Å².